The molecular formula is C26H27Cl2F3N4O5. The standard InChI is InChI=1S/C26H27Cl2F3N4O5/c1-25(13-33)7-6-15(8-25)35(12-20(36)21-18(27)10-34-11-19(21)28)23(37)17(9-32)22(26(29,30)31)40-16-4-2-14(3-5-16)24(38)39/h9-11,14-16,32H,2-8,12H2,1H3,(H,38,39). The number of Topliss-reactive ketones (excluding diaryl/α,β-unsaturated/α-hetero) is 1. The molecule has 2 unspecified atom stereocenters. The molecule has 216 valence electrons. The number of carboxylic acid groups (broad SMARTS) is 1. The molecule has 0 bridgehead atoms. The first-order valence-electron chi connectivity index (χ1n) is 12.5. The van der Waals surface area contributed by atoms with Crippen LogP contribution in [0.1, 0.15) is 62.2 Å². The van der Waals surface area contributed by atoms with Gasteiger partial charge in [-0.2, -0.15) is 18.4 Å². The number of nitrogens with zero attached hydrogens (tertiary/aromatic N) is 3. The lowest BCUT2D eigenvalue weighted by Crippen LogP contribution is -2.45. The molecule has 0 saturated heterocycles. The van der Waals surface area contributed by atoms with Crippen LogP contribution in [0.4, 0.5) is 13.2 Å². The molecule has 1 aromatic heterocycles. The maximum absolute atomic E-state index is 14.2. The third-order valence-electron chi connectivity index (χ3n) is 7.32. The van der Waals surface area contributed by atoms with Crippen LogP contribution in [0.5, 0.6) is 0 Å². The lowest BCUT2D eigenvalue weighted by molar-refractivity contribution is -0.152. The van der Waals surface area contributed by atoms with Crippen molar-refractivity contribution in [2.24, 2.45) is 11.3 Å². The highest BCUT2D eigenvalue weighted by Crippen LogP contribution is 2.41. The molecule has 2 fully saturated rings. The molecule has 2 atom stereocenters. The number of nitrogens with one attached hydrogen (secondary N) is 1. The first kappa shape index (κ1) is 31.4. The van der Waals surface area contributed by atoms with E-state index in [1.165, 1.54) is 0 Å². The van der Waals surface area contributed by atoms with E-state index in [2.05, 4.69) is 11.1 Å². The average Bonchev–Trinajstić information content (AvgIpc) is 3.28. The molecule has 2 saturated carbocycles. The summed E-state index contributed by atoms with van der Waals surface area (Å²) in [5.74, 6) is -5.47. The minimum absolute atomic E-state index is 0.0143. The van der Waals surface area contributed by atoms with Crippen LogP contribution in [-0.2, 0) is 14.3 Å². The van der Waals surface area contributed by atoms with E-state index < -0.39 is 65.2 Å². The summed E-state index contributed by atoms with van der Waals surface area (Å²) in [7, 11) is 0. The zero-order valence-corrected chi connectivity index (χ0v) is 22.9. The topological polar surface area (TPSA) is 144 Å². The predicted molar refractivity (Wildman–Crippen MR) is 138 cm³/mol. The number of hydrogen-bond donors (Lipinski definition) is 2. The summed E-state index contributed by atoms with van der Waals surface area (Å²) in [6.07, 6.45) is -2.76. The molecule has 1 amide bonds. The molecule has 0 aliphatic heterocycles. The smallest absolute Gasteiger partial charge is 0.449 e. The van der Waals surface area contributed by atoms with E-state index in [1.54, 1.807) is 6.92 Å². The highest BCUT2D eigenvalue weighted by Gasteiger charge is 2.46. The van der Waals surface area contributed by atoms with Crippen LogP contribution < -0.4 is 0 Å². The van der Waals surface area contributed by atoms with Gasteiger partial charge in [0, 0.05) is 24.7 Å². The van der Waals surface area contributed by atoms with Crippen LogP contribution in [0, 0.1) is 28.1 Å². The van der Waals surface area contributed by atoms with Crippen molar-refractivity contribution >= 4 is 47.1 Å². The second-order valence-corrected chi connectivity index (χ2v) is 11.0. The molecule has 2 aliphatic rings. The Balaban J connectivity index is 2.00. The molecule has 14 heteroatoms. The monoisotopic (exact) mass is 602 g/mol. The number of nitriles is 1. The van der Waals surface area contributed by atoms with E-state index in [0.717, 1.165) is 17.3 Å². The fraction of sp³-hybridized carbons (Fsp3) is 0.538. The van der Waals surface area contributed by atoms with E-state index in [0.29, 0.717) is 6.42 Å². The quantitative estimate of drug-likeness (QED) is 0.162. The maximum Gasteiger partial charge on any atom is 0.449 e. The van der Waals surface area contributed by atoms with Gasteiger partial charge in [0.05, 0.1) is 45.7 Å². The van der Waals surface area contributed by atoms with Gasteiger partial charge in [0.1, 0.15) is 5.57 Å². The molecule has 1 heterocycles. The van der Waals surface area contributed by atoms with Gasteiger partial charge in [-0.15, -0.1) is 0 Å². The molecular weight excluding hydrogens is 576 g/mol. The molecule has 2 aliphatic carbocycles. The Labute approximate surface area is 238 Å². The minimum atomic E-state index is -5.17. The van der Waals surface area contributed by atoms with Gasteiger partial charge in [0.2, 0.25) is 5.76 Å². The summed E-state index contributed by atoms with van der Waals surface area (Å²) >= 11 is 12.2. The second-order valence-electron chi connectivity index (χ2n) is 10.2. The van der Waals surface area contributed by atoms with Crippen molar-refractivity contribution in [3.63, 3.8) is 0 Å². The van der Waals surface area contributed by atoms with Crippen LogP contribution in [0.15, 0.2) is 23.7 Å². The summed E-state index contributed by atoms with van der Waals surface area (Å²) < 4.78 is 47.9. The van der Waals surface area contributed by atoms with E-state index >= 15 is 0 Å². The number of carbonyl (C=O) groups excluding carboxylic acids is 2. The number of allylic oxidation sites excluding steroid dienone is 1. The molecule has 3 rings (SSSR count). The van der Waals surface area contributed by atoms with Crippen molar-refractivity contribution in [1.82, 2.24) is 9.88 Å². The number of halogens is 5. The lowest BCUT2D eigenvalue weighted by Gasteiger charge is -2.32. The van der Waals surface area contributed by atoms with Crippen LogP contribution >= 0.6 is 23.2 Å². The van der Waals surface area contributed by atoms with Crippen LogP contribution in [0.3, 0.4) is 0 Å². The molecule has 9 nitrogen and oxygen atoms in total. The molecule has 0 spiro atoms. The minimum Gasteiger partial charge on any atom is -0.485 e. The highest BCUT2D eigenvalue weighted by molar-refractivity contribution is 6.39. The van der Waals surface area contributed by atoms with E-state index in [4.69, 9.17) is 38.5 Å². The lowest BCUT2D eigenvalue weighted by atomic mass is 9.87. The first-order chi connectivity index (χ1) is 18.7. The van der Waals surface area contributed by atoms with E-state index in [1.807, 2.05) is 0 Å². The fourth-order valence-electron chi connectivity index (χ4n) is 5.11. The van der Waals surface area contributed by atoms with E-state index in [9.17, 15) is 32.8 Å². The van der Waals surface area contributed by atoms with Crippen LogP contribution in [0.2, 0.25) is 10.0 Å². The number of carboxylic acids is 1. The van der Waals surface area contributed by atoms with Gasteiger partial charge < -0.3 is 20.2 Å². The number of carbonyl (C=O) groups is 3. The van der Waals surface area contributed by atoms with Gasteiger partial charge in [-0.05, 0) is 51.9 Å². The summed E-state index contributed by atoms with van der Waals surface area (Å²) in [6, 6.07) is 1.35. The van der Waals surface area contributed by atoms with Gasteiger partial charge in [-0.25, -0.2) is 0 Å². The number of amides is 1. The van der Waals surface area contributed by atoms with Crippen molar-refractivity contribution in [3.8, 4) is 6.07 Å². The zero-order chi connectivity index (χ0) is 29.8. The van der Waals surface area contributed by atoms with Gasteiger partial charge in [-0.3, -0.25) is 19.4 Å². The molecule has 1 aromatic rings. The summed E-state index contributed by atoms with van der Waals surface area (Å²) in [6.45, 7) is 0.930. The molecule has 0 radical (unpaired) electrons. The first-order valence-corrected chi connectivity index (χ1v) is 13.2. The van der Waals surface area contributed by atoms with Crippen LogP contribution in [-0.4, -0.2) is 63.7 Å². The van der Waals surface area contributed by atoms with Gasteiger partial charge in [0.15, 0.2) is 5.78 Å². The SMILES string of the molecule is CC1(C#N)CCC(N(CC(=O)c2c(Cl)cncc2Cl)C(=O)C(C=N)=C(OC2CCC(C(=O)O)CC2)C(F)(F)F)C1. The number of ketones is 1. The molecule has 40 heavy (non-hydrogen) atoms. The van der Waals surface area contributed by atoms with Crippen molar-refractivity contribution in [1.29, 1.82) is 10.7 Å². The third kappa shape index (κ3) is 7.12. The normalized spacial score (nSPS) is 25.4. The Morgan fingerprint density at radius 2 is 1.82 bits per heavy atom. The Bertz CT molecular complexity index is 1240. The van der Waals surface area contributed by atoms with Crippen molar-refractivity contribution in [2.75, 3.05) is 6.54 Å². The molecule has 0 aromatic carbocycles. The van der Waals surface area contributed by atoms with Gasteiger partial charge in [0.25, 0.3) is 5.91 Å². The Morgan fingerprint density at radius 1 is 1.23 bits per heavy atom. The number of pyridine rings is 1. The Kier molecular flexibility index (Phi) is 9.85. The Morgan fingerprint density at radius 3 is 2.30 bits per heavy atom. The van der Waals surface area contributed by atoms with E-state index in [-0.39, 0.29) is 60.3 Å². The average molecular weight is 603 g/mol. The third-order valence-corrected chi connectivity index (χ3v) is 7.89. The summed E-state index contributed by atoms with van der Waals surface area (Å²) in [5.41, 5.74) is -2.16. The number of aromatic nitrogens is 1. The second kappa shape index (κ2) is 12.6. The van der Waals surface area contributed by atoms with Crippen molar-refractivity contribution < 1.29 is 37.4 Å². The van der Waals surface area contributed by atoms with Crippen LogP contribution in [0.25, 0.3) is 0 Å². The Hall–Kier alpha value is -3.17. The fourth-order valence-corrected chi connectivity index (χ4v) is 5.69. The van der Waals surface area contributed by atoms with Gasteiger partial charge >= 0.3 is 12.1 Å². The summed E-state index contributed by atoms with van der Waals surface area (Å²) in [4.78, 5) is 42.8. The number of alkyl halides is 3. The highest BCUT2D eigenvalue weighted by atomic mass is 35.5. The maximum atomic E-state index is 14.2. The number of ether oxygens (including phenoxy) is 1. The van der Waals surface area contributed by atoms with Gasteiger partial charge in [-0.1, -0.05) is 23.2 Å². The predicted octanol–water partition coefficient (Wildman–Crippen LogP) is 5.61. The zero-order valence-electron chi connectivity index (χ0n) is 21.4. The number of aliphatic carboxylic acids is 1. The van der Waals surface area contributed by atoms with Crippen molar-refractivity contribution in [2.45, 2.75) is 70.2 Å². The van der Waals surface area contributed by atoms with Crippen molar-refractivity contribution in [3.05, 3.63) is 39.3 Å². The number of hydrogen-bond acceptors (Lipinski definition) is 7. The molecule has 2 N–H and O–H groups in total. The largest absolute Gasteiger partial charge is 0.485 e. The number of rotatable bonds is 9. The summed E-state index contributed by atoms with van der Waals surface area (Å²) in [5, 5.41) is 26.2.